The lowest BCUT2D eigenvalue weighted by atomic mass is 10.1. The van der Waals surface area contributed by atoms with E-state index in [1.807, 2.05) is 20.8 Å². The number of hydrazine groups is 1. The molecule has 1 aromatic heterocycles. The minimum absolute atomic E-state index is 0.0125. The van der Waals surface area contributed by atoms with Gasteiger partial charge in [-0.2, -0.15) is 0 Å². The lowest BCUT2D eigenvalue weighted by Gasteiger charge is -2.22. The Kier molecular flexibility index (Phi) is 7.01. The highest BCUT2D eigenvalue weighted by molar-refractivity contribution is 9.10. The van der Waals surface area contributed by atoms with Gasteiger partial charge in [0.2, 0.25) is 10.0 Å². The van der Waals surface area contributed by atoms with E-state index >= 15 is 0 Å². The number of hydrogen-bond donors (Lipinski definition) is 3. The minimum Gasteiger partial charge on any atom is -0.380 e. The van der Waals surface area contributed by atoms with E-state index in [9.17, 15) is 8.42 Å². The summed E-state index contributed by atoms with van der Waals surface area (Å²) in [5.74, 6) is 5.50. The SMILES string of the molecule is CCOCC(NS(=O)(=O)c1cc(Br)cnc1NN)C(C)C. The van der Waals surface area contributed by atoms with Gasteiger partial charge in [0, 0.05) is 23.3 Å². The lowest BCUT2D eigenvalue weighted by Crippen LogP contribution is -2.42. The number of aromatic nitrogens is 1. The van der Waals surface area contributed by atoms with E-state index in [4.69, 9.17) is 10.6 Å². The van der Waals surface area contributed by atoms with Gasteiger partial charge in [-0.3, -0.25) is 0 Å². The first kappa shape index (κ1) is 18.3. The molecule has 1 unspecified atom stereocenters. The lowest BCUT2D eigenvalue weighted by molar-refractivity contribution is 0.116. The van der Waals surface area contributed by atoms with Crippen molar-refractivity contribution < 1.29 is 13.2 Å². The number of hydrogen-bond acceptors (Lipinski definition) is 6. The van der Waals surface area contributed by atoms with Crippen LogP contribution in [0.4, 0.5) is 5.82 Å². The molecule has 7 nitrogen and oxygen atoms in total. The summed E-state index contributed by atoms with van der Waals surface area (Å²) in [6, 6.07) is 1.11. The predicted molar refractivity (Wildman–Crippen MR) is 85.2 cm³/mol. The Morgan fingerprint density at radius 3 is 2.67 bits per heavy atom. The maximum absolute atomic E-state index is 12.5. The first-order chi connectivity index (χ1) is 9.81. The van der Waals surface area contributed by atoms with Gasteiger partial charge < -0.3 is 10.2 Å². The second-order valence-corrected chi connectivity index (χ2v) is 7.37. The van der Waals surface area contributed by atoms with Gasteiger partial charge in [-0.25, -0.2) is 24.0 Å². The van der Waals surface area contributed by atoms with Crippen LogP contribution in [0.1, 0.15) is 20.8 Å². The van der Waals surface area contributed by atoms with Crippen LogP contribution >= 0.6 is 15.9 Å². The molecule has 9 heteroatoms. The number of nitrogen functional groups attached to an aromatic ring is 1. The molecule has 0 aliphatic heterocycles. The summed E-state index contributed by atoms with van der Waals surface area (Å²) in [6.45, 7) is 6.54. The summed E-state index contributed by atoms with van der Waals surface area (Å²) in [5.41, 5.74) is 2.29. The standard InChI is InChI=1S/C12H21BrN4O3S/c1-4-20-7-10(8(2)3)17-21(18,19)11-5-9(13)6-15-12(11)16-14/h5-6,8,10,17H,4,7,14H2,1-3H3,(H,15,16). The number of nitrogens with two attached hydrogens (primary N) is 1. The molecule has 120 valence electrons. The molecule has 0 saturated heterocycles. The number of nitrogens with one attached hydrogen (secondary N) is 2. The largest absolute Gasteiger partial charge is 0.380 e. The van der Waals surface area contributed by atoms with Crippen LogP contribution in [0.2, 0.25) is 0 Å². The number of sulfonamides is 1. The number of nitrogens with zero attached hydrogens (tertiary/aromatic N) is 1. The monoisotopic (exact) mass is 380 g/mol. The van der Waals surface area contributed by atoms with Crippen molar-refractivity contribution in [3.8, 4) is 0 Å². The highest BCUT2D eigenvalue weighted by Gasteiger charge is 2.25. The number of anilines is 1. The summed E-state index contributed by atoms with van der Waals surface area (Å²) in [5, 5.41) is 0. The van der Waals surface area contributed by atoms with Crippen LogP contribution in [0.25, 0.3) is 0 Å². The molecule has 0 aromatic carbocycles. The summed E-state index contributed by atoms with van der Waals surface area (Å²) in [6.07, 6.45) is 1.47. The highest BCUT2D eigenvalue weighted by Crippen LogP contribution is 2.22. The molecule has 0 spiro atoms. The van der Waals surface area contributed by atoms with E-state index in [0.29, 0.717) is 17.7 Å². The van der Waals surface area contributed by atoms with Crippen LogP contribution < -0.4 is 16.0 Å². The third-order valence-corrected chi connectivity index (χ3v) is 4.80. The Labute approximate surface area is 133 Å². The summed E-state index contributed by atoms with van der Waals surface area (Å²) in [4.78, 5) is 3.93. The average Bonchev–Trinajstić information content (AvgIpc) is 2.43. The summed E-state index contributed by atoms with van der Waals surface area (Å²) >= 11 is 3.21. The van der Waals surface area contributed by atoms with Crippen molar-refractivity contribution in [1.82, 2.24) is 9.71 Å². The van der Waals surface area contributed by atoms with Crippen LogP contribution in [-0.2, 0) is 14.8 Å². The quantitative estimate of drug-likeness (QED) is 0.465. The topological polar surface area (TPSA) is 106 Å². The van der Waals surface area contributed by atoms with E-state index in [1.54, 1.807) is 0 Å². The Bertz CT molecular complexity index is 566. The maximum Gasteiger partial charge on any atom is 0.244 e. The van der Waals surface area contributed by atoms with Gasteiger partial charge in [0.25, 0.3) is 0 Å². The third-order valence-electron chi connectivity index (χ3n) is 2.86. The van der Waals surface area contributed by atoms with Crippen molar-refractivity contribution in [3.05, 3.63) is 16.7 Å². The summed E-state index contributed by atoms with van der Waals surface area (Å²) in [7, 11) is -3.77. The van der Waals surface area contributed by atoms with Crippen molar-refractivity contribution in [2.75, 3.05) is 18.6 Å². The molecule has 21 heavy (non-hydrogen) atoms. The number of pyridine rings is 1. The highest BCUT2D eigenvalue weighted by atomic mass is 79.9. The van der Waals surface area contributed by atoms with Crippen LogP contribution in [0, 0.1) is 5.92 Å². The minimum atomic E-state index is -3.77. The van der Waals surface area contributed by atoms with Crippen LogP contribution in [0.5, 0.6) is 0 Å². The molecule has 0 bridgehead atoms. The van der Waals surface area contributed by atoms with Gasteiger partial charge in [-0.15, -0.1) is 0 Å². The van der Waals surface area contributed by atoms with E-state index in [2.05, 4.69) is 31.1 Å². The Balaban J connectivity index is 3.07. The van der Waals surface area contributed by atoms with Gasteiger partial charge in [0.05, 0.1) is 6.61 Å². The van der Waals surface area contributed by atoms with Gasteiger partial charge in [-0.1, -0.05) is 13.8 Å². The van der Waals surface area contributed by atoms with E-state index in [1.165, 1.54) is 12.3 Å². The van der Waals surface area contributed by atoms with Crippen LogP contribution in [0.15, 0.2) is 21.6 Å². The smallest absolute Gasteiger partial charge is 0.244 e. The fourth-order valence-electron chi connectivity index (χ4n) is 1.60. The van der Waals surface area contributed by atoms with Gasteiger partial charge in [-0.05, 0) is 34.8 Å². The van der Waals surface area contributed by atoms with Crippen LogP contribution in [0.3, 0.4) is 0 Å². The zero-order chi connectivity index (χ0) is 16.0. The van der Waals surface area contributed by atoms with Crippen molar-refractivity contribution in [3.63, 3.8) is 0 Å². The van der Waals surface area contributed by atoms with E-state index in [0.717, 1.165) is 0 Å². The molecule has 0 radical (unpaired) electrons. The molecule has 0 aliphatic rings. The molecule has 1 rings (SSSR count). The zero-order valence-corrected chi connectivity index (χ0v) is 14.7. The van der Waals surface area contributed by atoms with Crippen molar-refractivity contribution in [2.45, 2.75) is 31.7 Å². The molecule has 0 aliphatic carbocycles. The Hall–Kier alpha value is -0.740. The van der Waals surface area contributed by atoms with Crippen molar-refractivity contribution in [2.24, 2.45) is 11.8 Å². The Morgan fingerprint density at radius 2 is 2.14 bits per heavy atom. The van der Waals surface area contributed by atoms with E-state index < -0.39 is 10.0 Å². The molecule has 1 aromatic rings. The number of rotatable bonds is 8. The molecule has 1 atom stereocenters. The fraction of sp³-hybridized carbons (Fsp3) is 0.583. The molecular formula is C12H21BrN4O3S. The average molecular weight is 381 g/mol. The molecule has 4 N–H and O–H groups in total. The first-order valence-corrected chi connectivity index (χ1v) is 8.81. The molecule has 0 fully saturated rings. The zero-order valence-electron chi connectivity index (χ0n) is 12.3. The number of halogens is 1. The normalized spacial score (nSPS) is 13.4. The van der Waals surface area contributed by atoms with Crippen LogP contribution in [-0.4, -0.2) is 32.7 Å². The number of ether oxygens (including phenoxy) is 1. The van der Waals surface area contributed by atoms with Gasteiger partial charge in [0.15, 0.2) is 5.82 Å². The van der Waals surface area contributed by atoms with Crippen molar-refractivity contribution in [1.29, 1.82) is 0 Å². The van der Waals surface area contributed by atoms with Gasteiger partial charge in [0.1, 0.15) is 4.90 Å². The second-order valence-electron chi connectivity index (χ2n) is 4.78. The first-order valence-electron chi connectivity index (χ1n) is 6.54. The van der Waals surface area contributed by atoms with Crippen molar-refractivity contribution >= 4 is 31.8 Å². The molecule has 1 heterocycles. The van der Waals surface area contributed by atoms with E-state index in [-0.39, 0.29) is 22.7 Å². The fourth-order valence-corrected chi connectivity index (χ4v) is 3.60. The third kappa shape index (κ3) is 5.19. The Morgan fingerprint density at radius 1 is 1.48 bits per heavy atom. The molecule has 0 amide bonds. The van der Waals surface area contributed by atoms with Gasteiger partial charge >= 0.3 is 0 Å². The summed E-state index contributed by atoms with van der Waals surface area (Å²) < 4.78 is 33.6. The molecule has 0 saturated carbocycles. The maximum atomic E-state index is 12.5. The predicted octanol–water partition coefficient (Wildman–Crippen LogP) is 1.47. The second kappa shape index (κ2) is 8.04. The molecular weight excluding hydrogens is 360 g/mol.